The largest absolute Gasteiger partial charge is 0.426 e. The van der Waals surface area contributed by atoms with E-state index in [1.54, 1.807) is 0 Å². The molecule has 0 radical (unpaired) electrons. The molecule has 0 spiro atoms. The van der Waals surface area contributed by atoms with E-state index in [0.717, 1.165) is 17.5 Å². The highest BCUT2D eigenvalue weighted by Crippen LogP contribution is 2.48. The number of hydrogen-bond donors (Lipinski definition) is 0. The third-order valence-corrected chi connectivity index (χ3v) is 4.50. The Morgan fingerprint density at radius 1 is 0.750 bits per heavy atom. The molecule has 0 unspecified atom stereocenters. The highest BCUT2D eigenvalue weighted by atomic mass is 16.5. The zero-order chi connectivity index (χ0) is 16.4. The summed E-state index contributed by atoms with van der Waals surface area (Å²) in [5.41, 5.74) is 3.49. The van der Waals surface area contributed by atoms with Crippen LogP contribution in [0, 0.1) is 5.92 Å². The van der Waals surface area contributed by atoms with Gasteiger partial charge in [0.1, 0.15) is 5.75 Å². The zero-order valence-corrected chi connectivity index (χ0v) is 13.3. The molecule has 2 nitrogen and oxygen atoms in total. The molecule has 3 aromatic carbocycles. The van der Waals surface area contributed by atoms with Gasteiger partial charge in [0, 0.05) is 0 Å². The van der Waals surface area contributed by atoms with Gasteiger partial charge in [0.15, 0.2) is 0 Å². The maximum absolute atomic E-state index is 12.3. The second-order valence-corrected chi connectivity index (χ2v) is 6.17. The van der Waals surface area contributed by atoms with Crippen LogP contribution in [0.2, 0.25) is 0 Å². The normalized spacial score (nSPS) is 18.8. The molecule has 1 aliphatic carbocycles. The number of carbonyl (C=O) groups excluding carboxylic acids is 1. The topological polar surface area (TPSA) is 26.3 Å². The van der Waals surface area contributed by atoms with Gasteiger partial charge in [-0.25, -0.2) is 0 Å². The molecule has 3 aromatic rings. The lowest BCUT2D eigenvalue weighted by atomic mass is 10.1. The first kappa shape index (κ1) is 14.7. The summed E-state index contributed by atoms with van der Waals surface area (Å²) in [6.07, 6.45) is 0.880. The molecule has 118 valence electrons. The fourth-order valence-electron chi connectivity index (χ4n) is 3.06. The first-order chi connectivity index (χ1) is 11.8. The van der Waals surface area contributed by atoms with E-state index < -0.39 is 0 Å². The molecule has 0 aromatic heterocycles. The van der Waals surface area contributed by atoms with Crippen molar-refractivity contribution in [3.63, 3.8) is 0 Å². The molecule has 1 aliphatic rings. The van der Waals surface area contributed by atoms with Crippen molar-refractivity contribution >= 4 is 5.97 Å². The Morgan fingerprint density at radius 2 is 1.33 bits per heavy atom. The quantitative estimate of drug-likeness (QED) is 0.497. The van der Waals surface area contributed by atoms with Crippen LogP contribution in [-0.4, -0.2) is 5.97 Å². The van der Waals surface area contributed by atoms with E-state index in [4.69, 9.17) is 4.74 Å². The molecule has 4 rings (SSSR count). The molecule has 0 amide bonds. The Hall–Kier alpha value is -2.87. The summed E-state index contributed by atoms with van der Waals surface area (Å²) in [4.78, 5) is 12.3. The van der Waals surface area contributed by atoms with E-state index >= 15 is 0 Å². The van der Waals surface area contributed by atoms with Gasteiger partial charge in [-0.1, -0.05) is 72.8 Å². The van der Waals surface area contributed by atoms with E-state index in [2.05, 4.69) is 24.3 Å². The highest BCUT2D eigenvalue weighted by molar-refractivity contribution is 5.79. The van der Waals surface area contributed by atoms with E-state index in [1.807, 2.05) is 60.7 Å². The van der Waals surface area contributed by atoms with E-state index in [0.29, 0.717) is 11.7 Å². The molecule has 2 atom stereocenters. The SMILES string of the molecule is O=C(Oc1ccc(-c2ccccc2)cc1)[C@H]1C[C@@H]1c1ccccc1. The van der Waals surface area contributed by atoms with Gasteiger partial charge in [0.05, 0.1) is 5.92 Å². The molecule has 0 bridgehead atoms. The van der Waals surface area contributed by atoms with Gasteiger partial charge in [0.25, 0.3) is 0 Å². The Labute approximate surface area is 141 Å². The summed E-state index contributed by atoms with van der Waals surface area (Å²) in [5.74, 6) is 0.776. The van der Waals surface area contributed by atoms with Crippen LogP contribution in [0.1, 0.15) is 17.9 Å². The summed E-state index contributed by atoms with van der Waals surface area (Å²) in [5, 5.41) is 0. The molecule has 1 saturated carbocycles. The number of ether oxygens (including phenoxy) is 1. The van der Waals surface area contributed by atoms with Crippen molar-refractivity contribution in [3.05, 3.63) is 90.5 Å². The first-order valence-electron chi connectivity index (χ1n) is 8.23. The summed E-state index contributed by atoms with van der Waals surface area (Å²) in [7, 11) is 0. The van der Waals surface area contributed by atoms with Crippen molar-refractivity contribution in [1.82, 2.24) is 0 Å². The number of hydrogen-bond acceptors (Lipinski definition) is 2. The van der Waals surface area contributed by atoms with Crippen LogP contribution in [0.4, 0.5) is 0 Å². The zero-order valence-electron chi connectivity index (χ0n) is 13.3. The molecule has 2 heteroatoms. The third kappa shape index (κ3) is 3.09. The third-order valence-electron chi connectivity index (χ3n) is 4.50. The average molecular weight is 314 g/mol. The van der Waals surface area contributed by atoms with Crippen molar-refractivity contribution in [2.24, 2.45) is 5.92 Å². The van der Waals surface area contributed by atoms with Crippen LogP contribution < -0.4 is 4.74 Å². The Kier molecular flexibility index (Phi) is 3.87. The molecule has 0 N–H and O–H groups in total. The fourth-order valence-corrected chi connectivity index (χ4v) is 3.06. The lowest BCUT2D eigenvalue weighted by Gasteiger charge is -2.06. The van der Waals surface area contributed by atoms with Gasteiger partial charge in [-0.05, 0) is 41.2 Å². The molecule has 0 heterocycles. The molecular formula is C22H18O2. The minimum Gasteiger partial charge on any atom is -0.426 e. The second kappa shape index (κ2) is 6.32. The summed E-state index contributed by atoms with van der Waals surface area (Å²) in [6.45, 7) is 0. The predicted molar refractivity (Wildman–Crippen MR) is 94.8 cm³/mol. The van der Waals surface area contributed by atoms with Crippen LogP contribution >= 0.6 is 0 Å². The molecular weight excluding hydrogens is 296 g/mol. The Morgan fingerprint density at radius 3 is 2.00 bits per heavy atom. The number of benzene rings is 3. The minimum atomic E-state index is -0.128. The van der Waals surface area contributed by atoms with Crippen molar-refractivity contribution < 1.29 is 9.53 Å². The van der Waals surface area contributed by atoms with Crippen LogP contribution in [0.15, 0.2) is 84.9 Å². The van der Waals surface area contributed by atoms with Gasteiger partial charge >= 0.3 is 5.97 Å². The summed E-state index contributed by atoms with van der Waals surface area (Å²) < 4.78 is 5.54. The number of esters is 1. The monoisotopic (exact) mass is 314 g/mol. The van der Waals surface area contributed by atoms with Gasteiger partial charge < -0.3 is 4.74 Å². The lowest BCUT2D eigenvalue weighted by molar-refractivity contribution is -0.135. The fraction of sp³-hybridized carbons (Fsp3) is 0.136. The second-order valence-electron chi connectivity index (χ2n) is 6.17. The van der Waals surface area contributed by atoms with Gasteiger partial charge in [0.2, 0.25) is 0 Å². The van der Waals surface area contributed by atoms with Crippen LogP contribution in [0.25, 0.3) is 11.1 Å². The number of rotatable bonds is 4. The first-order valence-corrected chi connectivity index (χ1v) is 8.23. The van der Waals surface area contributed by atoms with Crippen molar-refractivity contribution in [2.75, 3.05) is 0 Å². The molecule has 24 heavy (non-hydrogen) atoms. The van der Waals surface area contributed by atoms with Crippen LogP contribution in [0.3, 0.4) is 0 Å². The van der Waals surface area contributed by atoms with Crippen LogP contribution in [-0.2, 0) is 4.79 Å². The van der Waals surface area contributed by atoms with E-state index in [9.17, 15) is 4.79 Å². The van der Waals surface area contributed by atoms with Crippen molar-refractivity contribution in [1.29, 1.82) is 0 Å². The molecule has 0 saturated heterocycles. The molecule has 0 aliphatic heterocycles. The van der Waals surface area contributed by atoms with Gasteiger partial charge in [-0.2, -0.15) is 0 Å². The summed E-state index contributed by atoms with van der Waals surface area (Å²) in [6, 6.07) is 28.0. The lowest BCUT2D eigenvalue weighted by Crippen LogP contribution is -2.11. The molecule has 1 fully saturated rings. The smallest absolute Gasteiger partial charge is 0.314 e. The number of carbonyl (C=O) groups is 1. The van der Waals surface area contributed by atoms with Gasteiger partial charge in [-0.3, -0.25) is 4.79 Å². The van der Waals surface area contributed by atoms with E-state index in [-0.39, 0.29) is 11.9 Å². The predicted octanol–water partition coefficient (Wildman–Crippen LogP) is 5.06. The summed E-state index contributed by atoms with van der Waals surface area (Å²) >= 11 is 0. The Balaban J connectivity index is 1.40. The van der Waals surface area contributed by atoms with Crippen molar-refractivity contribution in [3.8, 4) is 16.9 Å². The highest BCUT2D eigenvalue weighted by Gasteiger charge is 2.45. The standard InChI is InChI=1S/C22H18O2/c23-22(21-15-20(21)18-9-5-2-6-10-18)24-19-13-11-17(12-14-19)16-7-3-1-4-8-16/h1-14,20-21H,15H2/t20-,21+/m1/s1. The average Bonchev–Trinajstić information content (AvgIpc) is 3.45. The Bertz CT molecular complexity index is 823. The van der Waals surface area contributed by atoms with Gasteiger partial charge in [-0.15, -0.1) is 0 Å². The minimum absolute atomic E-state index is 0.0128. The maximum Gasteiger partial charge on any atom is 0.314 e. The van der Waals surface area contributed by atoms with Crippen LogP contribution in [0.5, 0.6) is 5.75 Å². The maximum atomic E-state index is 12.3. The van der Waals surface area contributed by atoms with Crippen molar-refractivity contribution in [2.45, 2.75) is 12.3 Å². The van der Waals surface area contributed by atoms with E-state index in [1.165, 1.54) is 5.56 Å².